The number of hydrogen-bond acceptors (Lipinski definition) is 5. The lowest BCUT2D eigenvalue weighted by atomic mass is 10.2. The Morgan fingerprint density at radius 2 is 2.17 bits per heavy atom. The van der Waals surface area contributed by atoms with Gasteiger partial charge in [-0.05, 0) is 18.6 Å². The Morgan fingerprint density at radius 1 is 1.33 bits per heavy atom. The SMILES string of the molecule is CCNc1snnc1COCc1ccccc1Br. The van der Waals surface area contributed by atoms with E-state index in [0.29, 0.717) is 13.2 Å². The van der Waals surface area contributed by atoms with Crippen LogP contribution in [0.15, 0.2) is 28.7 Å². The zero-order chi connectivity index (χ0) is 12.8. The fourth-order valence-electron chi connectivity index (χ4n) is 1.47. The van der Waals surface area contributed by atoms with E-state index in [1.54, 1.807) is 0 Å². The van der Waals surface area contributed by atoms with Gasteiger partial charge in [0.1, 0.15) is 10.7 Å². The number of nitrogens with one attached hydrogen (secondary N) is 1. The molecule has 2 aromatic rings. The van der Waals surface area contributed by atoms with Crippen molar-refractivity contribution in [3.63, 3.8) is 0 Å². The molecule has 2 rings (SSSR count). The maximum Gasteiger partial charge on any atom is 0.135 e. The van der Waals surface area contributed by atoms with Crippen LogP contribution < -0.4 is 5.32 Å². The Kier molecular flexibility index (Phi) is 5.10. The topological polar surface area (TPSA) is 47.0 Å². The molecule has 0 bridgehead atoms. The average Bonchev–Trinajstić information content (AvgIpc) is 2.80. The third-order valence-corrected chi connectivity index (χ3v) is 3.85. The first-order valence-electron chi connectivity index (χ1n) is 5.67. The summed E-state index contributed by atoms with van der Waals surface area (Å²) in [6.45, 7) is 3.94. The molecule has 0 aliphatic carbocycles. The number of nitrogens with zero attached hydrogens (tertiary/aromatic N) is 2. The Balaban J connectivity index is 1.88. The second kappa shape index (κ2) is 6.82. The Morgan fingerprint density at radius 3 is 2.94 bits per heavy atom. The highest BCUT2D eigenvalue weighted by atomic mass is 79.9. The van der Waals surface area contributed by atoms with Crippen LogP contribution in [0.5, 0.6) is 0 Å². The number of anilines is 1. The molecule has 1 N–H and O–H groups in total. The predicted molar refractivity (Wildman–Crippen MR) is 76.7 cm³/mol. The summed E-state index contributed by atoms with van der Waals surface area (Å²) in [6.07, 6.45) is 0. The molecule has 18 heavy (non-hydrogen) atoms. The molecular formula is C12H14BrN3OS. The van der Waals surface area contributed by atoms with Crippen molar-refractivity contribution in [2.75, 3.05) is 11.9 Å². The molecule has 0 saturated heterocycles. The molecule has 0 aliphatic heterocycles. The van der Waals surface area contributed by atoms with Gasteiger partial charge in [-0.15, -0.1) is 5.10 Å². The van der Waals surface area contributed by atoms with Gasteiger partial charge in [-0.1, -0.05) is 38.6 Å². The highest BCUT2D eigenvalue weighted by Crippen LogP contribution is 2.20. The quantitative estimate of drug-likeness (QED) is 0.882. The van der Waals surface area contributed by atoms with Gasteiger partial charge in [0.25, 0.3) is 0 Å². The summed E-state index contributed by atoms with van der Waals surface area (Å²) in [5, 5.41) is 8.27. The van der Waals surface area contributed by atoms with Crippen molar-refractivity contribution < 1.29 is 4.74 Å². The molecular weight excluding hydrogens is 314 g/mol. The summed E-state index contributed by atoms with van der Waals surface area (Å²) in [4.78, 5) is 0. The van der Waals surface area contributed by atoms with Crippen LogP contribution in [0.4, 0.5) is 5.00 Å². The van der Waals surface area contributed by atoms with E-state index >= 15 is 0 Å². The summed E-state index contributed by atoms with van der Waals surface area (Å²) >= 11 is 4.86. The average molecular weight is 328 g/mol. The Hall–Kier alpha value is -0.980. The lowest BCUT2D eigenvalue weighted by molar-refractivity contribution is 0.104. The first kappa shape index (κ1) is 13.5. The lowest BCUT2D eigenvalue weighted by Crippen LogP contribution is -2.01. The minimum absolute atomic E-state index is 0.472. The van der Waals surface area contributed by atoms with Crippen LogP contribution in [0.1, 0.15) is 18.2 Å². The van der Waals surface area contributed by atoms with E-state index < -0.39 is 0 Å². The van der Waals surface area contributed by atoms with E-state index in [2.05, 4.69) is 30.8 Å². The van der Waals surface area contributed by atoms with Crippen molar-refractivity contribution in [1.82, 2.24) is 9.59 Å². The first-order chi connectivity index (χ1) is 8.81. The van der Waals surface area contributed by atoms with Crippen LogP contribution in [0.2, 0.25) is 0 Å². The lowest BCUT2D eigenvalue weighted by Gasteiger charge is -2.06. The normalized spacial score (nSPS) is 10.6. The summed E-state index contributed by atoms with van der Waals surface area (Å²) in [5.74, 6) is 0. The maximum atomic E-state index is 5.67. The van der Waals surface area contributed by atoms with Gasteiger partial charge >= 0.3 is 0 Å². The van der Waals surface area contributed by atoms with E-state index in [-0.39, 0.29) is 0 Å². The number of hydrogen-bond donors (Lipinski definition) is 1. The molecule has 0 saturated carbocycles. The van der Waals surface area contributed by atoms with E-state index in [0.717, 1.165) is 27.3 Å². The summed E-state index contributed by atoms with van der Waals surface area (Å²) in [5.41, 5.74) is 2.00. The number of rotatable bonds is 6. The van der Waals surface area contributed by atoms with Gasteiger partial charge in [-0.3, -0.25) is 0 Å². The fraction of sp³-hybridized carbons (Fsp3) is 0.333. The highest BCUT2D eigenvalue weighted by Gasteiger charge is 2.07. The molecule has 0 atom stereocenters. The molecule has 0 spiro atoms. The standard InChI is InChI=1S/C12H14BrN3OS/c1-2-14-12-11(15-16-18-12)8-17-7-9-5-3-4-6-10(9)13/h3-6,14H,2,7-8H2,1H3. The van der Waals surface area contributed by atoms with Crippen LogP contribution in [-0.4, -0.2) is 16.1 Å². The summed E-state index contributed by atoms with van der Waals surface area (Å²) < 4.78 is 10.7. The minimum Gasteiger partial charge on any atom is -0.374 e. The number of halogens is 1. The van der Waals surface area contributed by atoms with Crippen molar-refractivity contribution in [2.45, 2.75) is 20.1 Å². The zero-order valence-corrected chi connectivity index (χ0v) is 12.4. The minimum atomic E-state index is 0.472. The van der Waals surface area contributed by atoms with Crippen molar-refractivity contribution in [2.24, 2.45) is 0 Å². The maximum absolute atomic E-state index is 5.67. The van der Waals surface area contributed by atoms with Crippen LogP contribution in [-0.2, 0) is 18.0 Å². The smallest absolute Gasteiger partial charge is 0.135 e. The molecule has 0 amide bonds. The van der Waals surface area contributed by atoms with E-state index in [4.69, 9.17) is 4.74 Å². The van der Waals surface area contributed by atoms with Crippen molar-refractivity contribution in [3.8, 4) is 0 Å². The molecule has 0 unspecified atom stereocenters. The largest absolute Gasteiger partial charge is 0.374 e. The number of benzene rings is 1. The summed E-state index contributed by atoms with van der Waals surface area (Å²) in [6, 6.07) is 8.03. The van der Waals surface area contributed by atoms with Crippen LogP contribution >= 0.6 is 27.5 Å². The van der Waals surface area contributed by atoms with Crippen LogP contribution in [0, 0.1) is 0 Å². The molecule has 1 heterocycles. The van der Waals surface area contributed by atoms with E-state index in [1.807, 2.05) is 31.2 Å². The van der Waals surface area contributed by atoms with Gasteiger partial charge in [0.2, 0.25) is 0 Å². The van der Waals surface area contributed by atoms with Crippen molar-refractivity contribution >= 4 is 32.5 Å². The van der Waals surface area contributed by atoms with E-state index in [9.17, 15) is 0 Å². The number of aromatic nitrogens is 2. The highest BCUT2D eigenvalue weighted by molar-refractivity contribution is 9.10. The van der Waals surface area contributed by atoms with Gasteiger partial charge < -0.3 is 10.1 Å². The molecule has 0 aliphatic rings. The Bertz CT molecular complexity index is 504. The predicted octanol–water partition coefficient (Wildman–Crippen LogP) is 3.45. The third-order valence-electron chi connectivity index (χ3n) is 2.35. The summed E-state index contributed by atoms with van der Waals surface area (Å²) in [7, 11) is 0. The molecule has 0 fully saturated rings. The third kappa shape index (κ3) is 3.51. The van der Waals surface area contributed by atoms with Crippen LogP contribution in [0.25, 0.3) is 0 Å². The monoisotopic (exact) mass is 327 g/mol. The number of ether oxygens (including phenoxy) is 1. The Labute approximate surface area is 119 Å². The second-order valence-electron chi connectivity index (χ2n) is 3.66. The van der Waals surface area contributed by atoms with Crippen molar-refractivity contribution in [1.29, 1.82) is 0 Å². The van der Waals surface area contributed by atoms with Gasteiger partial charge in [0.05, 0.1) is 13.2 Å². The molecule has 6 heteroatoms. The molecule has 4 nitrogen and oxygen atoms in total. The van der Waals surface area contributed by atoms with Gasteiger partial charge in [0, 0.05) is 22.5 Å². The first-order valence-corrected chi connectivity index (χ1v) is 7.24. The van der Waals surface area contributed by atoms with Gasteiger partial charge in [-0.25, -0.2) is 0 Å². The fourth-order valence-corrected chi connectivity index (χ4v) is 2.51. The van der Waals surface area contributed by atoms with Crippen molar-refractivity contribution in [3.05, 3.63) is 40.0 Å². The molecule has 1 aromatic heterocycles. The van der Waals surface area contributed by atoms with Gasteiger partial charge in [-0.2, -0.15) is 0 Å². The second-order valence-corrected chi connectivity index (χ2v) is 5.27. The molecule has 1 aromatic carbocycles. The molecule has 0 radical (unpaired) electrons. The molecule has 96 valence electrons. The van der Waals surface area contributed by atoms with Gasteiger partial charge in [0.15, 0.2) is 0 Å². The van der Waals surface area contributed by atoms with E-state index in [1.165, 1.54) is 11.5 Å². The zero-order valence-electron chi connectivity index (χ0n) is 10.0. The van der Waals surface area contributed by atoms with Crippen LogP contribution in [0.3, 0.4) is 0 Å².